The Kier molecular flexibility index (Phi) is 2.90. The van der Waals surface area contributed by atoms with Gasteiger partial charge in [0.2, 0.25) is 0 Å². The molecule has 0 N–H and O–H groups in total. The van der Waals surface area contributed by atoms with E-state index in [1.165, 1.54) is 5.01 Å². The van der Waals surface area contributed by atoms with Crippen molar-refractivity contribution in [1.82, 2.24) is 0 Å². The van der Waals surface area contributed by atoms with Crippen LogP contribution in [0, 0.1) is 0 Å². The van der Waals surface area contributed by atoms with Crippen LogP contribution in [0.15, 0.2) is 29.4 Å². The molecule has 2 rings (SSSR count). The lowest BCUT2D eigenvalue weighted by atomic mass is 10.2. The third kappa shape index (κ3) is 1.91. The summed E-state index contributed by atoms with van der Waals surface area (Å²) in [5, 5.41) is 5.73. The average Bonchev–Trinajstić information content (AvgIpc) is 2.71. The minimum absolute atomic E-state index is 0.0296. The van der Waals surface area contributed by atoms with Gasteiger partial charge in [-0.2, -0.15) is 5.10 Å². The molecule has 1 aromatic carbocycles. The monoisotopic (exact) mass is 218 g/mol. The van der Waals surface area contributed by atoms with Crippen LogP contribution in [0.25, 0.3) is 0 Å². The molecular formula is C12H14N2O2. The maximum atomic E-state index is 11.7. The predicted molar refractivity (Wildman–Crippen MR) is 62.8 cm³/mol. The van der Waals surface area contributed by atoms with Gasteiger partial charge in [-0.15, -0.1) is 0 Å². The van der Waals surface area contributed by atoms with Crippen molar-refractivity contribution in [1.29, 1.82) is 0 Å². The Morgan fingerprint density at radius 3 is 2.56 bits per heavy atom. The SMILES string of the molecule is CCC1=NN(c2ccc(OC)cc2)C(=O)C1. The summed E-state index contributed by atoms with van der Waals surface area (Å²) in [6.07, 6.45) is 1.25. The molecule has 0 bridgehead atoms. The average molecular weight is 218 g/mol. The van der Waals surface area contributed by atoms with Gasteiger partial charge in [-0.05, 0) is 30.7 Å². The van der Waals surface area contributed by atoms with Gasteiger partial charge in [0.1, 0.15) is 5.75 Å². The second-order valence-corrected chi connectivity index (χ2v) is 3.60. The van der Waals surface area contributed by atoms with Crippen LogP contribution in [0.1, 0.15) is 19.8 Å². The van der Waals surface area contributed by atoms with Crippen LogP contribution in [-0.4, -0.2) is 18.7 Å². The normalized spacial score (nSPS) is 15.2. The number of carbonyl (C=O) groups excluding carboxylic acids is 1. The molecule has 1 aliphatic rings. The van der Waals surface area contributed by atoms with Crippen molar-refractivity contribution in [2.24, 2.45) is 5.10 Å². The van der Waals surface area contributed by atoms with Crippen molar-refractivity contribution >= 4 is 17.3 Å². The molecule has 0 aliphatic carbocycles. The zero-order valence-electron chi connectivity index (χ0n) is 9.43. The van der Waals surface area contributed by atoms with E-state index in [9.17, 15) is 4.79 Å². The molecule has 0 unspecified atom stereocenters. The number of methoxy groups -OCH3 is 1. The van der Waals surface area contributed by atoms with E-state index in [1.807, 2.05) is 31.2 Å². The highest BCUT2D eigenvalue weighted by Gasteiger charge is 2.23. The molecule has 4 nitrogen and oxygen atoms in total. The van der Waals surface area contributed by atoms with E-state index in [-0.39, 0.29) is 5.91 Å². The zero-order valence-corrected chi connectivity index (χ0v) is 9.43. The van der Waals surface area contributed by atoms with Crippen LogP contribution in [0.5, 0.6) is 5.75 Å². The number of rotatable bonds is 3. The first-order chi connectivity index (χ1) is 7.74. The van der Waals surface area contributed by atoms with E-state index in [0.29, 0.717) is 6.42 Å². The smallest absolute Gasteiger partial charge is 0.253 e. The molecule has 4 heteroatoms. The summed E-state index contributed by atoms with van der Waals surface area (Å²) in [6, 6.07) is 7.31. The van der Waals surface area contributed by atoms with E-state index in [1.54, 1.807) is 7.11 Å². The van der Waals surface area contributed by atoms with Crippen molar-refractivity contribution in [3.8, 4) is 5.75 Å². The Labute approximate surface area is 94.5 Å². The zero-order chi connectivity index (χ0) is 11.5. The molecule has 0 saturated carbocycles. The highest BCUT2D eigenvalue weighted by molar-refractivity contribution is 6.12. The van der Waals surface area contributed by atoms with E-state index >= 15 is 0 Å². The summed E-state index contributed by atoms with van der Waals surface area (Å²) in [4.78, 5) is 11.7. The Morgan fingerprint density at radius 2 is 2.06 bits per heavy atom. The first kappa shape index (κ1) is 10.7. The summed E-state index contributed by atoms with van der Waals surface area (Å²) >= 11 is 0. The molecule has 0 spiro atoms. The van der Waals surface area contributed by atoms with Gasteiger partial charge in [-0.1, -0.05) is 6.92 Å². The van der Waals surface area contributed by atoms with E-state index in [4.69, 9.17) is 4.74 Å². The molecule has 16 heavy (non-hydrogen) atoms. The number of anilines is 1. The topological polar surface area (TPSA) is 41.9 Å². The molecule has 1 heterocycles. The van der Waals surface area contributed by atoms with Gasteiger partial charge >= 0.3 is 0 Å². The number of benzene rings is 1. The van der Waals surface area contributed by atoms with Crippen LogP contribution in [0.3, 0.4) is 0 Å². The molecule has 0 fully saturated rings. The third-order valence-electron chi connectivity index (χ3n) is 2.56. The lowest BCUT2D eigenvalue weighted by molar-refractivity contribution is -0.116. The second-order valence-electron chi connectivity index (χ2n) is 3.60. The van der Waals surface area contributed by atoms with E-state index in [2.05, 4.69) is 5.10 Å². The first-order valence-electron chi connectivity index (χ1n) is 5.28. The number of nitrogens with zero attached hydrogens (tertiary/aromatic N) is 2. The molecular weight excluding hydrogens is 204 g/mol. The number of hydrogen-bond donors (Lipinski definition) is 0. The maximum absolute atomic E-state index is 11.7. The van der Waals surface area contributed by atoms with Gasteiger partial charge in [0.15, 0.2) is 0 Å². The first-order valence-corrected chi connectivity index (χ1v) is 5.28. The Morgan fingerprint density at radius 1 is 1.38 bits per heavy atom. The Bertz CT molecular complexity index is 423. The number of hydrazone groups is 1. The van der Waals surface area contributed by atoms with Crippen molar-refractivity contribution < 1.29 is 9.53 Å². The van der Waals surface area contributed by atoms with Gasteiger partial charge in [0, 0.05) is 5.71 Å². The fourth-order valence-electron chi connectivity index (χ4n) is 1.60. The number of ether oxygens (including phenoxy) is 1. The van der Waals surface area contributed by atoms with Crippen molar-refractivity contribution in [2.45, 2.75) is 19.8 Å². The predicted octanol–water partition coefficient (Wildman–Crippen LogP) is 2.20. The lowest BCUT2D eigenvalue weighted by Crippen LogP contribution is -2.19. The van der Waals surface area contributed by atoms with Crippen LogP contribution in [-0.2, 0) is 4.79 Å². The summed E-state index contributed by atoms with van der Waals surface area (Å²) < 4.78 is 5.06. The van der Waals surface area contributed by atoms with Crippen LogP contribution in [0.2, 0.25) is 0 Å². The Hall–Kier alpha value is -1.84. The summed E-state index contributed by atoms with van der Waals surface area (Å²) in [5.41, 5.74) is 1.72. The second kappa shape index (κ2) is 4.35. The lowest BCUT2D eigenvalue weighted by Gasteiger charge is -2.11. The standard InChI is InChI=1S/C12H14N2O2/c1-3-9-8-12(15)14(13-9)10-4-6-11(16-2)7-5-10/h4-7H,3,8H2,1-2H3. The number of carbonyl (C=O) groups is 1. The fourth-order valence-corrected chi connectivity index (χ4v) is 1.60. The summed E-state index contributed by atoms with van der Waals surface area (Å²) in [6.45, 7) is 2.00. The van der Waals surface area contributed by atoms with Gasteiger partial charge < -0.3 is 4.74 Å². The molecule has 1 aliphatic heterocycles. The number of hydrogen-bond acceptors (Lipinski definition) is 3. The Balaban J connectivity index is 2.23. The third-order valence-corrected chi connectivity index (χ3v) is 2.56. The minimum Gasteiger partial charge on any atom is -0.497 e. The van der Waals surface area contributed by atoms with Crippen molar-refractivity contribution in [3.05, 3.63) is 24.3 Å². The minimum atomic E-state index is 0.0296. The maximum Gasteiger partial charge on any atom is 0.253 e. The molecule has 1 aromatic rings. The summed E-state index contributed by atoms with van der Waals surface area (Å²) in [7, 11) is 1.61. The van der Waals surface area contributed by atoms with Gasteiger partial charge in [-0.3, -0.25) is 4.79 Å². The molecule has 1 amide bonds. The fraction of sp³-hybridized carbons (Fsp3) is 0.333. The molecule has 0 saturated heterocycles. The molecule has 0 atom stereocenters. The number of amides is 1. The van der Waals surface area contributed by atoms with E-state index in [0.717, 1.165) is 23.6 Å². The van der Waals surface area contributed by atoms with Gasteiger partial charge in [-0.25, -0.2) is 5.01 Å². The largest absolute Gasteiger partial charge is 0.497 e. The van der Waals surface area contributed by atoms with Crippen molar-refractivity contribution in [3.63, 3.8) is 0 Å². The highest BCUT2D eigenvalue weighted by atomic mass is 16.5. The van der Waals surface area contributed by atoms with Gasteiger partial charge in [0.05, 0.1) is 19.2 Å². The van der Waals surface area contributed by atoms with E-state index < -0.39 is 0 Å². The van der Waals surface area contributed by atoms with Crippen LogP contribution < -0.4 is 9.75 Å². The van der Waals surface area contributed by atoms with Gasteiger partial charge in [0.25, 0.3) is 5.91 Å². The highest BCUT2D eigenvalue weighted by Crippen LogP contribution is 2.23. The van der Waals surface area contributed by atoms with Crippen LogP contribution >= 0.6 is 0 Å². The summed E-state index contributed by atoms with van der Waals surface area (Å²) in [5.74, 6) is 0.803. The molecule has 84 valence electrons. The van der Waals surface area contributed by atoms with Crippen LogP contribution in [0.4, 0.5) is 5.69 Å². The van der Waals surface area contributed by atoms with Crippen molar-refractivity contribution in [2.75, 3.05) is 12.1 Å². The molecule has 0 aromatic heterocycles. The quantitative estimate of drug-likeness (QED) is 0.780. The molecule has 0 radical (unpaired) electrons.